The van der Waals surface area contributed by atoms with E-state index in [1.165, 1.54) is 6.42 Å². The van der Waals surface area contributed by atoms with Crippen LogP contribution in [0, 0.1) is 0 Å². The van der Waals surface area contributed by atoms with Crippen LogP contribution in [0.2, 0.25) is 0 Å². The number of likely N-dealkylation sites (tertiary alicyclic amines) is 1. The van der Waals surface area contributed by atoms with Crippen molar-refractivity contribution in [3.63, 3.8) is 0 Å². The van der Waals surface area contributed by atoms with Crippen LogP contribution in [0.3, 0.4) is 0 Å². The molecule has 0 radical (unpaired) electrons. The van der Waals surface area contributed by atoms with Crippen LogP contribution in [0.4, 0.5) is 0 Å². The van der Waals surface area contributed by atoms with E-state index < -0.39 is 0 Å². The van der Waals surface area contributed by atoms with Gasteiger partial charge in [0.05, 0.1) is 12.7 Å². The second kappa shape index (κ2) is 8.49. The molecule has 3 rings (SSSR count). The van der Waals surface area contributed by atoms with Gasteiger partial charge in [-0.15, -0.1) is 0 Å². The summed E-state index contributed by atoms with van der Waals surface area (Å²) in [6, 6.07) is 0.358. The fraction of sp³-hybridized carbons (Fsp3) is 0.632. The molecule has 0 aromatic carbocycles. The van der Waals surface area contributed by atoms with Crippen molar-refractivity contribution in [2.45, 2.75) is 32.2 Å². The van der Waals surface area contributed by atoms with Crippen molar-refractivity contribution in [3.8, 4) is 0 Å². The van der Waals surface area contributed by atoms with Gasteiger partial charge in [0.2, 0.25) is 11.8 Å². The predicted octanol–water partition coefficient (Wildman–Crippen LogP) is 0.979. The molecule has 2 aliphatic rings. The van der Waals surface area contributed by atoms with Crippen LogP contribution < -0.4 is 0 Å². The van der Waals surface area contributed by atoms with Gasteiger partial charge in [-0.2, -0.15) is 5.10 Å². The van der Waals surface area contributed by atoms with Crippen molar-refractivity contribution < 1.29 is 9.59 Å². The maximum atomic E-state index is 12.5. The molecular weight excluding hydrogens is 330 g/mol. The Labute approximate surface area is 155 Å². The Morgan fingerprint density at radius 1 is 1.19 bits per heavy atom. The van der Waals surface area contributed by atoms with Crippen molar-refractivity contribution in [2.75, 3.05) is 39.3 Å². The summed E-state index contributed by atoms with van der Waals surface area (Å²) in [5.41, 5.74) is 0.917. The number of piperazine rings is 1. The van der Waals surface area contributed by atoms with Crippen LogP contribution in [0.1, 0.15) is 31.7 Å². The summed E-state index contributed by atoms with van der Waals surface area (Å²) in [4.78, 5) is 30.9. The van der Waals surface area contributed by atoms with E-state index in [9.17, 15) is 9.59 Å². The molecule has 0 bridgehead atoms. The van der Waals surface area contributed by atoms with Gasteiger partial charge in [0.25, 0.3) is 0 Å². The number of nitrogens with zero attached hydrogens (tertiary/aromatic N) is 5. The second-order valence-electron chi connectivity index (χ2n) is 7.31. The summed E-state index contributed by atoms with van der Waals surface area (Å²) < 4.78 is 1.71. The smallest absolute Gasteiger partial charge is 0.246 e. The summed E-state index contributed by atoms with van der Waals surface area (Å²) in [6.07, 6.45) is 10.4. The number of aryl methyl sites for hydroxylation is 1. The van der Waals surface area contributed by atoms with Gasteiger partial charge in [0.15, 0.2) is 0 Å². The van der Waals surface area contributed by atoms with E-state index >= 15 is 0 Å². The minimum atomic E-state index is 0.0180. The SMILES string of the molecule is C[C@H]1CCCCN1C(=O)CN1CCN(C(=O)/C=C/c2cnn(C)c2)CC1. The zero-order chi connectivity index (χ0) is 18.5. The van der Waals surface area contributed by atoms with E-state index in [0.29, 0.717) is 25.7 Å². The third-order valence-corrected chi connectivity index (χ3v) is 5.31. The van der Waals surface area contributed by atoms with Gasteiger partial charge >= 0.3 is 0 Å². The zero-order valence-corrected chi connectivity index (χ0v) is 15.8. The molecule has 142 valence electrons. The summed E-state index contributed by atoms with van der Waals surface area (Å²) in [5.74, 6) is 0.248. The number of rotatable bonds is 4. The van der Waals surface area contributed by atoms with Gasteiger partial charge in [-0.05, 0) is 32.3 Å². The quantitative estimate of drug-likeness (QED) is 0.752. The Balaban J connectivity index is 1.44. The lowest BCUT2D eigenvalue weighted by molar-refractivity contribution is -0.136. The molecule has 0 aliphatic carbocycles. The third-order valence-electron chi connectivity index (χ3n) is 5.31. The molecule has 0 N–H and O–H groups in total. The summed E-state index contributed by atoms with van der Waals surface area (Å²) in [7, 11) is 1.85. The molecule has 7 nitrogen and oxygen atoms in total. The molecule has 1 atom stereocenters. The van der Waals surface area contributed by atoms with Crippen molar-refractivity contribution in [2.24, 2.45) is 7.05 Å². The van der Waals surface area contributed by atoms with Crippen LogP contribution in [0.5, 0.6) is 0 Å². The van der Waals surface area contributed by atoms with Gasteiger partial charge < -0.3 is 9.80 Å². The van der Waals surface area contributed by atoms with E-state index in [1.54, 1.807) is 23.0 Å². The monoisotopic (exact) mass is 359 g/mol. The first-order valence-electron chi connectivity index (χ1n) is 9.50. The first kappa shape index (κ1) is 18.6. The molecule has 2 aliphatic heterocycles. The minimum absolute atomic E-state index is 0.0180. The van der Waals surface area contributed by atoms with Gasteiger partial charge in [-0.1, -0.05) is 0 Å². The number of amides is 2. The average molecular weight is 359 g/mol. The van der Waals surface area contributed by atoms with Gasteiger partial charge in [-0.25, -0.2) is 0 Å². The van der Waals surface area contributed by atoms with Gasteiger partial charge in [0.1, 0.15) is 0 Å². The predicted molar refractivity (Wildman–Crippen MR) is 100 cm³/mol. The largest absolute Gasteiger partial charge is 0.339 e. The molecule has 2 saturated heterocycles. The van der Waals surface area contributed by atoms with E-state index in [2.05, 4.69) is 16.9 Å². The van der Waals surface area contributed by atoms with Crippen molar-refractivity contribution in [3.05, 3.63) is 24.0 Å². The van der Waals surface area contributed by atoms with E-state index in [0.717, 1.165) is 38.0 Å². The standard InChI is InChI=1S/C19H29N5O2/c1-16-5-3-4-8-24(16)19(26)15-22-9-11-23(12-10-22)18(25)7-6-17-13-20-21(2)14-17/h6-7,13-14,16H,3-5,8-12,15H2,1-2H3/b7-6+/t16-/m0/s1. The van der Waals surface area contributed by atoms with E-state index in [1.807, 2.05) is 23.0 Å². The summed E-state index contributed by atoms with van der Waals surface area (Å²) in [6.45, 7) is 6.33. The lowest BCUT2D eigenvalue weighted by atomic mass is 10.0. The number of piperidine rings is 1. The number of aromatic nitrogens is 2. The Morgan fingerprint density at radius 2 is 1.96 bits per heavy atom. The molecule has 3 heterocycles. The number of carbonyl (C=O) groups excluding carboxylic acids is 2. The van der Waals surface area contributed by atoms with Crippen molar-refractivity contribution in [1.82, 2.24) is 24.5 Å². The maximum Gasteiger partial charge on any atom is 0.246 e. The lowest BCUT2D eigenvalue weighted by Gasteiger charge is -2.37. The zero-order valence-electron chi connectivity index (χ0n) is 15.8. The molecule has 2 amide bonds. The van der Waals surface area contributed by atoms with Crippen LogP contribution in [0.25, 0.3) is 6.08 Å². The number of hydrogen-bond acceptors (Lipinski definition) is 4. The number of hydrogen-bond donors (Lipinski definition) is 0. The molecule has 7 heteroatoms. The molecule has 1 aromatic heterocycles. The normalized spacial score (nSPS) is 22.2. The topological polar surface area (TPSA) is 61.7 Å². The van der Waals surface area contributed by atoms with Crippen LogP contribution in [-0.2, 0) is 16.6 Å². The fourth-order valence-corrected chi connectivity index (χ4v) is 3.68. The Morgan fingerprint density at radius 3 is 2.62 bits per heavy atom. The molecule has 1 aromatic rings. The highest BCUT2D eigenvalue weighted by Crippen LogP contribution is 2.17. The molecule has 2 fully saturated rings. The Kier molecular flexibility index (Phi) is 6.08. The molecule has 0 unspecified atom stereocenters. The van der Waals surface area contributed by atoms with Crippen LogP contribution >= 0.6 is 0 Å². The lowest BCUT2D eigenvalue weighted by Crippen LogP contribution is -2.52. The fourth-order valence-electron chi connectivity index (χ4n) is 3.68. The van der Waals surface area contributed by atoms with E-state index in [-0.39, 0.29) is 11.8 Å². The molecule has 0 saturated carbocycles. The summed E-state index contributed by atoms with van der Waals surface area (Å²) in [5, 5.41) is 4.09. The van der Waals surface area contributed by atoms with Crippen LogP contribution in [0.15, 0.2) is 18.5 Å². The Bertz CT molecular complexity index is 661. The third kappa shape index (κ3) is 4.72. The summed E-state index contributed by atoms with van der Waals surface area (Å²) >= 11 is 0. The second-order valence-corrected chi connectivity index (χ2v) is 7.31. The van der Waals surface area contributed by atoms with Crippen molar-refractivity contribution >= 4 is 17.9 Å². The van der Waals surface area contributed by atoms with E-state index in [4.69, 9.17) is 0 Å². The number of carbonyl (C=O) groups is 2. The molecule has 26 heavy (non-hydrogen) atoms. The van der Waals surface area contributed by atoms with Gasteiger partial charge in [-0.3, -0.25) is 19.2 Å². The van der Waals surface area contributed by atoms with Crippen LogP contribution in [-0.4, -0.2) is 81.6 Å². The minimum Gasteiger partial charge on any atom is -0.339 e. The highest BCUT2D eigenvalue weighted by molar-refractivity contribution is 5.91. The highest BCUT2D eigenvalue weighted by atomic mass is 16.2. The highest BCUT2D eigenvalue weighted by Gasteiger charge is 2.26. The first-order valence-corrected chi connectivity index (χ1v) is 9.50. The maximum absolute atomic E-state index is 12.5. The van der Waals surface area contributed by atoms with Crippen molar-refractivity contribution in [1.29, 1.82) is 0 Å². The molecular formula is C19H29N5O2. The Hall–Kier alpha value is -2.15. The average Bonchev–Trinajstić information content (AvgIpc) is 3.06. The molecule has 0 spiro atoms. The van der Waals surface area contributed by atoms with Gasteiger partial charge in [0, 0.05) is 63.6 Å². The first-order chi connectivity index (χ1) is 12.5.